The van der Waals surface area contributed by atoms with Gasteiger partial charge in [-0.05, 0) is 19.3 Å². The second-order valence-corrected chi connectivity index (χ2v) is 5.15. The van der Waals surface area contributed by atoms with Crippen LogP contribution in [0.3, 0.4) is 0 Å². The molecule has 0 spiro atoms. The second-order valence-electron chi connectivity index (χ2n) is 4.80. The summed E-state index contributed by atoms with van der Waals surface area (Å²) < 4.78 is 1.48. The van der Waals surface area contributed by atoms with E-state index >= 15 is 0 Å². The maximum absolute atomic E-state index is 11.2. The average molecular weight is 279 g/mol. The lowest BCUT2D eigenvalue weighted by Gasteiger charge is -2.02. The number of nitrogens with zero attached hydrogens (tertiary/aromatic N) is 4. The smallest absolute Gasteiger partial charge is 0.158 e. The van der Waals surface area contributed by atoms with Crippen LogP contribution in [0.4, 0.5) is 0 Å². The van der Waals surface area contributed by atoms with Gasteiger partial charge in [0.1, 0.15) is 11.5 Å². The minimum atomic E-state index is 0.295. The summed E-state index contributed by atoms with van der Waals surface area (Å²) in [5.74, 6) is 0.959. The Morgan fingerprint density at radius 3 is 2.74 bits per heavy atom. The van der Waals surface area contributed by atoms with Crippen LogP contribution in [0.25, 0.3) is 5.82 Å². The van der Waals surface area contributed by atoms with Crippen molar-refractivity contribution in [3.05, 3.63) is 34.5 Å². The first kappa shape index (κ1) is 13.7. The fourth-order valence-electron chi connectivity index (χ4n) is 1.81. The minimum Gasteiger partial charge on any atom is -0.298 e. The Balaban J connectivity index is 2.52. The molecule has 0 N–H and O–H groups in total. The molecule has 2 aromatic rings. The molecule has 2 aromatic heterocycles. The van der Waals surface area contributed by atoms with Crippen molar-refractivity contribution in [2.24, 2.45) is 5.92 Å². The van der Waals surface area contributed by atoms with Crippen molar-refractivity contribution in [1.82, 2.24) is 19.7 Å². The SMILES string of the molecule is Cc1cc(-n2nc(CC(C)C)c(C=O)c2Cl)ncn1. The molecule has 19 heavy (non-hydrogen) atoms. The predicted octanol–water partition coefficient (Wildman–Crippen LogP) is 2.64. The van der Waals surface area contributed by atoms with Crippen molar-refractivity contribution in [2.45, 2.75) is 27.2 Å². The molecule has 6 heteroatoms. The fraction of sp³-hybridized carbons (Fsp3) is 0.385. The lowest BCUT2D eigenvalue weighted by atomic mass is 10.1. The third-order valence-electron chi connectivity index (χ3n) is 2.67. The summed E-state index contributed by atoms with van der Waals surface area (Å²) in [6.07, 6.45) is 2.90. The Hall–Kier alpha value is -1.75. The first-order chi connectivity index (χ1) is 9.02. The molecule has 0 saturated carbocycles. The van der Waals surface area contributed by atoms with Crippen LogP contribution in [0.5, 0.6) is 0 Å². The van der Waals surface area contributed by atoms with Crippen molar-refractivity contribution in [3.8, 4) is 5.82 Å². The highest BCUT2D eigenvalue weighted by atomic mass is 35.5. The van der Waals surface area contributed by atoms with E-state index in [0.29, 0.717) is 34.6 Å². The van der Waals surface area contributed by atoms with Crippen LogP contribution >= 0.6 is 11.6 Å². The van der Waals surface area contributed by atoms with Gasteiger partial charge >= 0.3 is 0 Å². The molecule has 100 valence electrons. The third-order valence-corrected chi connectivity index (χ3v) is 3.03. The molecule has 0 aliphatic rings. The third kappa shape index (κ3) is 2.81. The summed E-state index contributed by atoms with van der Waals surface area (Å²) >= 11 is 6.21. The van der Waals surface area contributed by atoms with Gasteiger partial charge in [-0.3, -0.25) is 4.79 Å². The summed E-state index contributed by atoms with van der Waals surface area (Å²) in [6.45, 7) is 5.99. The van der Waals surface area contributed by atoms with E-state index in [2.05, 4.69) is 28.9 Å². The van der Waals surface area contributed by atoms with Crippen LogP contribution < -0.4 is 0 Å². The molecule has 0 bridgehead atoms. The minimum absolute atomic E-state index is 0.295. The van der Waals surface area contributed by atoms with E-state index in [1.165, 1.54) is 11.0 Å². The van der Waals surface area contributed by atoms with Crippen LogP contribution in [0.15, 0.2) is 12.4 Å². The van der Waals surface area contributed by atoms with Crippen LogP contribution in [0, 0.1) is 12.8 Å². The highest BCUT2D eigenvalue weighted by Crippen LogP contribution is 2.23. The van der Waals surface area contributed by atoms with Gasteiger partial charge in [-0.15, -0.1) is 0 Å². The number of aromatic nitrogens is 4. The molecule has 2 heterocycles. The maximum Gasteiger partial charge on any atom is 0.158 e. The number of carbonyl (C=O) groups excluding carboxylic acids is 1. The van der Waals surface area contributed by atoms with Gasteiger partial charge in [-0.2, -0.15) is 5.10 Å². The summed E-state index contributed by atoms with van der Waals surface area (Å²) in [5.41, 5.74) is 1.95. The van der Waals surface area contributed by atoms with E-state index < -0.39 is 0 Å². The number of aldehydes is 1. The van der Waals surface area contributed by atoms with E-state index in [4.69, 9.17) is 11.6 Å². The Kier molecular flexibility index (Phi) is 3.95. The number of rotatable bonds is 4. The Morgan fingerprint density at radius 1 is 1.42 bits per heavy atom. The van der Waals surface area contributed by atoms with Gasteiger partial charge in [0.15, 0.2) is 12.1 Å². The van der Waals surface area contributed by atoms with Gasteiger partial charge in [0.05, 0.1) is 11.3 Å². The van der Waals surface area contributed by atoms with Crippen molar-refractivity contribution in [1.29, 1.82) is 0 Å². The molecule has 0 radical (unpaired) electrons. The first-order valence-electron chi connectivity index (χ1n) is 6.04. The van der Waals surface area contributed by atoms with E-state index in [-0.39, 0.29) is 0 Å². The fourth-order valence-corrected chi connectivity index (χ4v) is 2.09. The molecule has 0 aliphatic heterocycles. The van der Waals surface area contributed by atoms with Crippen molar-refractivity contribution < 1.29 is 4.79 Å². The van der Waals surface area contributed by atoms with Gasteiger partial charge < -0.3 is 0 Å². The van der Waals surface area contributed by atoms with Gasteiger partial charge in [-0.1, -0.05) is 25.4 Å². The molecule has 0 saturated heterocycles. The molecule has 0 atom stereocenters. The number of aryl methyl sites for hydroxylation is 1. The molecule has 0 aliphatic carbocycles. The van der Waals surface area contributed by atoms with Crippen molar-refractivity contribution in [3.63, 3.8) is 0 Å². The molecule has 0 amide bonds. The molecule has 2 rings (SSSR count). The van der Waals surface area contributed by atoms with E-state index in [0.717, 1.165) is 12.0 Å². The van der Waals surface area contributed by atoms with Gasteiger partial charge in [0.25, 0.3) is 0 Å². The van der Waals surface area contributed by atoms with Crippen molar-refractivity contribution >= 4 is 17.9 Å². The zero-order valence-electron chi connectivity index (χ0n) is 11.1. The Bertz CT molecular complexity index is 607. The lowest BCUT2D eigenvalue weighted by Crippen LogP contribution is -2.02. The first-order valence-corrected chi connectivity index (χ1v) is 6.42. The van der Waals surface area contributed by atoms with Gasteiger partial charge in [-0.25, -0.2) is 14.6 Å². The number of carbonyl (C=O) groups is 1. The van der Waals surface area contributed by atoms with E-state index in [1.807, 2.05) is 6.92 Å². The molecular formula is C13H15ClN4O. The maximum atomic E-state index is 11.2. The van der Waals surface area contributed by atoms with Crippen molar-refractivity contribution in [2.75, 3.05) is 0 Å². The molecule has 0 aromatic carbocycles. The number of hydrogen-bond donors (Lipinski definition) is 0. The highest BCUT2D eigenvalue weighted by Gasteiger charge is 2.18. The normalized spacial score (nSPS) is 11.0. The van der Waals surface area contributed by atoms with Crippen LogP contribution in [-0.4, -0.2) is 26.0 Å². The zero-order valence-corrected chi connectivity index (χ0v) is 11.8. The summed E-state index contributed by atoms with van der Waals surface area (Å²) in [5, 5.41) is 4.69. The molecule has 0 fully saturated rings. The quantitative estimate of drug-likeness (QED) is 0.807. The van der Waals surface area contributed by atoms with Gasteiger partial charge in [0, 0.05) is 11.8 Å². The Labute approximate surface area is 116 Å². The predicted molar refractivity (Wildman–Crippen MR) is 72.8 cm³/mol. The zero-order chi connectivity index (χ0) is 14.0. The molecule has 5 nitrogen and oxygen atoms in total. The van der Waals surface area contributed by atoms with Crippen LogP contribution in [0.2, 0.25) is 5.15 Å². The van der Waals surface area contributed by atoms with Crippen LogP contribution in [-0.2, 0) is 6.42 Å². The summed E-state index contributed by atoms with van der Waals surface area (Å²) in [7, 11) is 0. The highest BCUT2D eigenvalue weighted by molar-refractivity contribution is 6.32. The van der Waals surface area contributed by atoms with Crippen LogP contribution in [0.1, 0.15) is 35.6 Å². The monoisotopic (exact) mass is 278 g/mol. The topological polar surface area (TPSA) is 60.7 Å². The number of halogens is 1. The van der Waals surface area contributed by atoms with Gasteiger partial charge in [0.2, 0.25) is 0 Å². The number of hydrogen-bond acceptors (Lipinski definition) is 4. The lowest BCUT2D eigenvalue weighted by molar-refractivity contribution is 0.112. The molecular weight excluding hydrogens is 264 g/mol. The standard InChI is InChI=1S/C13H15ClN4O/c1-8(2)4-11-10(6-19)13(14)18(17-11)12-5-9(3)15-7-16-12/h5-8H,4H2,1-3H3. The Morgan fingerprint density at radius 2 is 2.16 bits per heavy atom. The summed E-state index contributed by atoms with van der Waals surface area (Å²) in [4.78, 5) is 19.3. The van der Waals surface area contributed by atoms with E-state index in [1.54, 1.807) is 6.07 Å². The second kappa shape index (κ2) is 5.48. The largest absolute Gasteiger partial charge is 0.298 e. The van der Waals surface area contributed by atoms with E-state index in [9.17, 15) is 4.79 Å². The molecule has 0 unspecified atom stereocenters. The average Bonchev–Trinajstić information content (AvgIpc) is 2.65. The summed E-state index contributed by atoms with van der Waals surface area (Å²) in [6, 6.07) is 1.77.